The standard InChI is InChI=1S/C9H11F2NO4S/c10-8-2-1-7(3-9(8)11)17(15,16)12-4-6(14)5-13/h1-3,6,12-14H,4-5H2. The van der Waals surface area contributed by atoms with Gasteiger partial charge in [0.1, 0.15) is 0 Å². The van der Waals surface area contributed by atoms with Gasteiger partial charge in [-0.2, -0.15) is 0 Å². The third kappa shape index (κ3) is 3.70. The van der Waals surface area contributed by atoms with Crippen LogP contribution < -0.4 is 4.72 Å². The van der Waals surface area contributed by atoms with Gasteiger partial charge in [0.2, 0.25) is 10.0 Å². The van der Waals surface area contributed by atoms with Crippen LogP contribution in [-0.2, 0) is 10.0 Å². The topological polar surface area (TPSA) is 86.6 Å². The summed E-state index contributed by atoms with van der Waals surface area (Å²) in [5.74, 6) is -2.44. The molecule has 0 radical (unpaired) electrons. The SMILES string of the molecule is O=S(=O)(NCC(O)CO)c1ccc(F)c(F)c1. The Balaban J connectivity index is 2.86. The molecule has 0 spiro atoms. The van der Waals surface area contributed by atoms with E-state index in [-0.39, 0.29) is 0 Å². The highest BCUT2D eigenvalue weighted by atomic mass is 32.2. The van der Waals surface area contributed by atoms with Crippen molar-refractivity contribution in [3.8, 4) is 0 Å². The van der Waals surface area contributed by atoms with Crippen molar-refractivity contribution in [3.05, 3.63) is 29.8 Å². The third-order valence-corrected chi connectivity index (χ3v) is 3.34. The zero-order valence-corrected chi connectivity index (χ0v) is 9.42. The van der Waals surface area contributed by atoms with Crippen LogP contribution in [-0.4, -0.2) is 37.9 Å². The van der Waals surface area contributed by atoms with Crippen molar-refractivity contribution in [2.45, 2.75) is 11.0 Å². The number of sulfonamides is 1. The fourth-order valence-corrected chi connectivity index (χ4v) is 2.08. The number of benzene rings is 1. The zero-order chi connectivity index (χ0) is 13.1. The third-order valence-electron chi connectivity index (χ3n) is 1.92. The Hall–Kier alpha value is -1.09. The highest BCUT2D eigenvalue weighted by molar-refractivity contribution is 7.89. The smallest absolute Gasteiger partial charge is 0.240 e. The number of nitrogens with one attached hydrogen (secondary N) is 1. The van der Waals surface area contributed by atoms with Crippen LogP contribution in [0.15, 0.2) is 23.1 Å². The predicted molar refractivity (Wildman–Crippen MR) is 54.6 cm³/mol. The lowest BCUT2D eigenvalue weighted by Crippen LogP contribution is -2.33. The summed E-state index contributed by atoms with van der Waals surface area (Å²) >= 11 is 0. The molecule has 1 aromatic carbocycles. The molecule has 0 bridgehead atoms. The predicted octanol–water partition coefficient (Wildman–Crippen LogP) is -0.404. The quantitative estimate of drug-likeness (QED) is 0.677. The highest BCUT2D eigenvalue weighted by Crippen LogP contribution is 2.13. The molecule has 8 heteroatoms. The van der Waals surface area contributed by atoms with E-state index >= 15 is 0 Å². The van der Waals surface area contributed by atoms with Gasteiger partial charge >= 0.3 is 0 Å². The van der Waals surface area contributed by atoms with E-state index in [0.29, 0.717) is 12.1 Å². The first kappa shape index (κ1) is 14.0. The molecule has 0 aliphatic rings. The van der Waals surface area contributed by atoms with E-state index < -0.39 is 45.8 Å². The maximum Gasteiger partial charge on any atom is 0.240 e. The van der Waals surface area contributed by atoms with Gasteiger partial charge < -0.3 is 10.2 Å². The molecule has 0 saturated carbocycles. The lowest BCUT2D eigenvalue weighted by molar-refractivity contribution is 0.0988. The summed E-state index contributed by atoms with van der Waals surface area (Å²) in [6.07, 6.45) is -1.25. The molecule has 17 heavy (non-hydrogen) atoms. The summed E-state index contributed by atoms with van der Waals surface area (Å²) in [7, 11) is -4.03. The minimum atomic E-state index is -4.03. The average Bonchev–Trinajstić information content (AvgIpc) is 2.29. The Bertz CT molecular complexity index is 492. The molecule has 1 unspecified atom stereocenters. The minimum Gasteiger partial charge on any atom is -0.394 e. The van der Waals surface area contributed by atoms with Crippen molar-refractivity contribution in [2.75, 3.05) is 13.2 Å². The Kier molecular flexibility index (Phi) is 4.52. The van der Waals surface area contributed by atoms with E-state index in [0.717, 1.165) is 6.07 Å². The number of hydrogen-bond acceptors (Lipinski definition) is 4. The minimum absolute atomic E-state index is 0.419. The molecule has 0 saturated heterocycles. The van der Waals surface area contributed by atoms with Crippen LogP contribution in [0, 0.1) is 11.6 Å². The normalized spacial score (nSPS) is 13.6. The molecule has 96 valence electrons. The molecule has 0 heterocycles. The van der Waals surface area contributed by atoms with Gasteiger partial charge in [0.05, 0.1) is 17.6 Å². The molecular formula is C9H11F2NO4S. The molecule has 1 atom stereocenters. The molecule has 0 aliphatic heterocycles. The molecule has 0 aromatic heterocycles. The Morgan fingerprint density at radius 3 is 2.47 bits per heavy atom. The van der Waals surface area contributed by atoms with E-state index in [1.165, 1.54) is 0 Å². The van der Waals surface area contributed by atoms with Gasteiger partial charge in [-0.1, -0.05) is 0 Å². The van der Waals surface area contributed by atoms with Crippen molar-refractivity contribution in [1.29, 1.82) is 0 Å². The van der Waals surface area contributed by atoms with Gasteiger partial charge in [0.15, 0.2) is 11.6 Å². The summed E-state index contributed by atoms with van der Waals surface area (Å²) in [5, 5.41) is 17.4. The average molecular weight is 267 g/mol. The summed E-state index contributed by atoms with van der Waals surface area (Å²) < 4.78 is 50.4. The Morgan fingerprint density at radius 1 is 1.29 bits per heavy atom. The van der Waals surface area contributed by atoms with Crippen LogP contribution in [0.1, 0.15) is 0 Å². The second kappa shape index (κ2) is 5.50. The molecular weight excluding hydrogens is 256 g/mol. The maximum atomic E-state index is 12.8. The molecule has 5 nitrogen and oxygen atoms in total. The van der Waals surface area contributed by atoms with Gasteiger partial charge in [0, 0.05) is 6.54 Å². The summed E-state index contributed by atoms with van der Waals surface area (Å²) in [6.45, 7) is -1.03. The van der Waals surface area contributed by atoms with Crippen LogP contribution >= 0.6 is 0 Å². The van der Waals surface area contributed by atoms with Gasteiger partial charge in [-0.3, -0.25) is 0 Å². The van der Waals surface area contributed by atoms with Crippen LogP contribution in [0.4, 0.5) is 8.78 Å². The largest absolute Gasteiger partial charge is 0.394 e. The number of halogens is 2. The number of hydrogen-bond donors (Lipinski definition) is 3. The number of aliphatic hydroxyl groups is 2. The van der Waals surface area contributed by atoms with Crippen molar-refractivity contribution >= 4 is 10.0 Å². The summed E-state index contributed by atoms with van der Waals surface area (Å²) in [5.41, 5.74) is 0. The molecule has 0 fully saturated rings. The lowest BCUT2D eigenvalue weighted by Gasteiger charge is -2.09. The van der Waals surface area contributed by atoms with Crippen LogP contribution in [0.3, 0.4) is 0 Å². The van der Waals surface area contributed by atoms with Gasteiger partial charge in [-0.05, 0) is 18.2 Å². The van der Waals surface area contributed by atoms with Crippen molar-refractivity contribution < 1.29 is 27.4 Å². The van der Waals surface area contributed by atoms with E-state index in [4.69, 9.17) is 10.2 Å². The zero-order valence-electron chi connectivity index (χ0n) is 8.60. The van der Waals surface area contributed by atoms with Gasteiger partial charge in [-0.25, -0.2) is 21.9 Å². The second-order valence-corrected chi connectivity index (χ2v) is 5.03. The molecule has 3 N–H and O–H groups in total. The molecule has 1 rings (SSSR count). The number of aliphatic hydroxyl groups excluding tert-OH is 2. The molecule has 0 amide bonds. The summed E-state index contributed by atoms with van der Waals surface area (Å²) in [6, 6.07) is 2.11. The highest BCUT2D eigenvalue weighted by Gasteiger charge is 2.17. The van der Waals surface area contributed by atoms with Gasteiger partial charge in [-0.15, -0.1) is 0 Å². The van der Waals surface area contributed by atoms with E-state index in [1.807, 2.05) is 4.72 Å². The van der Waals surface area contributed by atoms with Crippen LogP contribution in [0.25, 0.3) is 0 Å². The Labute approximate surface area is 96.8 Å². The first-order valence-corrected chi connectivity index (χ1v) is 6.09. The Morgan fingerprint density at radius 2 is 1.94 bits per heavy atom. The molecule has 0 aliphatic carbocycles. The van der Waals surface area contributed by atoms with Crippen molar-refractivity contribution in [1.82, 2.24) is 4.72 Å². The van der Waals surface area contributed by atoms with Crippen LogP contribution in [0.5, 0.6) is 0 Å². The van der Waals surface area contributed by atoms with Crippen molar-refractivity contribution in [2.24, 2.45) is 0 Å². The van der Waals surface area contributed by atoms with Gasteiger partial charge in [0.25, 0.3) is 0 Å². The van der Waals surface area contributed by atoms with Crippen LogP contribution in [0.2, 0.25) is 0 Å². The van der Waals surface area contributed by atoms with Crippen molar-refractivity contribution in [3.63, 3.8) is 0 Å². The van der Waals surface area contributed by atoms with E-state index in [1.54, 1.807) is 0 Å². The summed E-state index contributed by atoms with van der Waals surface area (Å²) in [4.78, 5) is -0.457. The lowest BCUT2D eigenvalue weighted by atomic mass is 10.3. The fraction of sp³-hybridized carbons (Fsp3) is 0.333. The fourth-order valence-electron chi connectivity index (χ4n) is 0.998. The van der Waals surface area contributed by atoms with E-state index in [2.05, 4.69) is 0 Å². The first-order chi connectivity index (χ1) is 7.86. The number of rotatable bonds is 5. The first-order valence-electron chi connectivity index (χ1n) is 4.60. The van der Waals surface area contributed by atoms with E-state index in [9.17, 15) is 17.2 Å². The monoisotopic (exact) mass is 267 g/mol. The molecule has 1 aromatic rings. The maximum absolute atomic E-state index is 12.8. The second-order valence-electron chi connectivity index (χ2n) is 3.26.